The molecular weight excluding hydrogens is 604 g/mol. The Morgan fingerprint density at radius 1 is 0.944 bits per heavy atom. The van der Waals surface area contributed by atoms with Gasteiger partial charge in [0, 0.05) is 33.4 Å². The van der Waals surface area contributed by atoms with Crippen LogP contribution in [0.5, 0.6) is 0 Å². The summed E-state index contributed by atoms with van der Waals surface area (Å²) in [4.78, 5) is 62.5. The first-order valence-electron chi connectivity index (χ1n) is 11.1. The zero-order valence-corrected chi connectivity index (χ0v) is 21.6. The second-order valence-electron chi connectivity index (χ2n) is 9.05. The monoisotopic (exact) mass is 620 g/mol. The summed E-state index contributed by atoms with van der Waals surface area (Å²) in [6.07, 6.45) is 0.690. The Morgan fingerprint density at radius 2 is 1.56 bits per heavy atom. The van der Waals surface area contributed by atoms with Gasteiger partial charge in [-0.1, -0.05) is 56.1 Å². The Morgan fingerprint density at radius 3 is 2.14 bits per heavy atom. The predicted octanol–water partition coefficient (Wildman–Crippen LogP) is 3.84. The van der Waals surface area contributed by atoms with Gasteiger partial charge < -0.3 is 0 Å². The molecule has 1 saturated heterocycles. The molecule has 3 aliphatic rings. The lowest BCUT2D eigenvalue weighted by atomic mass is 9.81. The van der Waals surface area contributed by atoms with Crippen LogP contribution in [0, 0.1) is 43.9 Å². The van der Waals surface area contributed by atoms with Gasteiger partial charge in [-0.25, -0.2) is 5.01 Å². The molecule has 0 N–H and O–H groups in total. The lowest BCUT2D eigenvalue weighted by Gasteiger charge is -2.31. The molecule has 2 aromatic carbocycles. The lowest BCUT2D eigenvalue weighted by molar-refractivity contribution is -0.385. The van der Waals surface area contributed by atoms with E-state index in [4.69, 9.17) is 0 Å². The van der Waals surface area contributed by atoms with E-state index < -0.39 is 45.9 Å². The summed E-state index contributed by atoms with van der Waals surface area (Å²) in [7, 11) is 0. The Hall–Kier alpha value is -3.19. The summed E-state index contributed by atoms with van der Waals surface area (Å²) in [6.45, 7) is -0.444. The number of carbonyl (C=O) groups is 3. The zero-order valence-electron chi connectivity index (χ0n) is 18.4. The molecule has 2 bridgehead atoms. The summed E-state index contributed by atoms with van der Waals surface area (Å²) >= 11 is 7.24. The number of amides is 3. The highest BCUT2D eigenvalue weighted by Gasteiger charge is 2.67. The summed E-state index contributed by atoms with van der Waals surface area (Å²) in [5, 5.41) is 24.6. The number of nitro benzene ring substituents is 2. The first-order valence-corrected chi connectivity index (χ1v) is 12.9. The molecule has 3 amide bonds. The van der Waals surface area contributed by atoms with E-state index in [2.05, 4.69) is 31.9 Å². The third kappa shape index (κ3) is 3.72. The second-order valence-corrected chi connectivity index (χ2v) is 11.2. The van der Waals surface area contributed by atoms with Crippen LogP contribution in [-0.4, -0.2) is 47.2 Å². The molecule has 6 atom stereocenters. The summed E-state index contributed by atoms with van der Waals surface area (Å²) < 4.78 is 0. The van der Waals surface area contributed by atoms with Gasteiger partial charge in [0.25, 0.3) is 29.1 Å². The van der Waals surface area contributed by atoms with Gasteiger partial charge >= 0.3 is 0 Å². The number of para-hydroxylation sites is 1. The van der Waals surface area contributed by atoms with Crippen molar-refractivity contribution >= 4 is 61.0 Å². The fourth-order valence-corrected chi connectivity index (χ4v) is 7.56. The molecule has 5 rings (SSSR count). The minimum absolute atomic E-state index is 0.0171. The molecule has 2 saturated carbocycles. The van der Waals surface area contributed by atoms with Crippen molar-refractivity contribution < 1.29 is 24.2 Å². The van der Waals surface area contributed by atoms with Gasteiger partial charge in [-0.2, -0.15) is 5.01 Å². The third-order valence-electron chi connectivity index (χ3n) is 7.25. The quantitative estimate of drug-likeness (QED) is 0.206. The molecule has 0 aromatic heterocycles. The number of hydrogen-bond donors (Lipinski definition) is 0. The highest BCUT2D eigenvalue weighted by Crippen LogP contribution is 2.60. The zero-order chi connectivity index (χ0) is 25.9. The van der Waals surface area contributed by atoms with Crippen molar-refractivity contribution in [1.29, 1.82) is 0 Å². The maximum absolute atomic E-state index is 13.7. The van der Waals surface area contributed by atoms with Gasteiger partial charge in [-0.3, -0.25) is 34.6 Å². The minimum Gasteiger partial charge on any atom is -0.272 e. The molecule has 36 heavy (non-hydrogen) atoms. The number of nitro groups is 2. The van der Waals surface area contributed by atoms with Crippen molar-refractivity contribution in [2.45, 2.75) is 22.6 Å². The van der Waals surface area contributed by atoms with E-state index >= 15 is 0 Å². The van der Waals surface area contributed by atoms with Crippen LogP contribution in [0.1, 0.15) is 22.3 Å². The average Bonchev–Trinajstić information content (AvgIpc) is 3.47. The molecule has 3 fully saturated rings. The van der Waals surface area contributed by atoms with Crippen molar-refractivity contribution in [2.75, 3.05) is 0 Å². The van der Waals surface area contributed by atoms with Gasteiger partial charge in [0.15, 0.2) is 0 Å². The van der Waals surface area contributed by atoms with E-state index in [0.29, 0.717) is 6.42 Å². The summed E-state index contributed by atoms with van der Waals surface area (Å²) in [6, 6.07) is 10.6. The van der Waals surface area contributed by atoms with Crippen LogP contribution in [0.25, 0.3) is 0 Å². The topological polar surface area (TPSA) is 144 Å². The molecule has 13 heteroatoms. The second kappa shape index (κ2) is 9.04. The van der Waals surface area contributed by atoms with Gasteiger partial charge in [-0.15, -0.1) is 0 Å². The van der Waals surface area contributed by atoms with E-state index in [1.807, 2.05) is 0 Å². The molecule has 0 radical (unpaired) electrons. The van der Waals surface area contributed by atoms with Crippen molar-refractivity contribution in [3.63, 3.8) is 0 Å². The summed E-state index contributed by atoms with van der Waals surface area (Å²) in [5.74, 6) is -3.38. The van der Waals surface area contributed by atoms with E-state index in [1.54, 1.807) is 6.07 Å². The largest absolute Gasteiger partial charge is 0.274 e. The number of alkyl halides is 2. The van der Waals surface area contributed by atoms with E-state index in [1.165, 1.54) is 36.4 Å². The number of halogens is 2. The Bertz CT molecular complexity index is 1290. The number of imide groups is 1. The SMILES string of the molecule is O=C(c1cccc([N+](=O)[O-])c1)N(Cc1ccccc1[N+](=O)[O-])N1C(=O)[C@@H]2[C@H]3C[C@@H]([C@H](Br)[C@H]3Br)[C@H]2C1=O. The van der Waals surface area contributed by atoms with Crippen molar-refractivity contribution in [1.82, 2.24) is 10.0 Å². The Labute approximate surface area is 221 Å². The Balaban J connectivity index is 1.57. The highest BCUT2D eigenvalue weighted by molar-refractivity contribution is 9.12. The number of fused-ring (bicyclic) bond motifs is 5. The number of hydrogen-bond acceptors (Lipinski definition) is 7. The molecule has 186 valence electrons. The number of hydrazine groups is 1. The van der Waals surface area contributed by atoms with Crippen LogP contribution in [0.3, 0.4) is 0 Å². The molecule has 11 nitrogen and oxygen atoms in total. The fraction of sp³-hybridized carbons (Fsp3) is 0.348. The number of nitrogens with zero attached hydrogens (tertiary/aromatic N) is 4. The van der Waals surface area contributed by atoms with Crippen molar-refractivity contribution in [3.05, 3.63) is 79.9 Å². The summed E-state index contributed by atoms with van der Waals surface area (Å²) in [5.41, 5.74) is -0.640. The van der Waals surface area contributed by atoms with Crippen LogP contribution in [-0.2, 0) is 16.1 Å². The molecular formula is C23H18Br2N4O7. The van der Waals surface area contributed by atoms with Gasteiger partial charge in [0.1, 0.15) is 0 Å². The normalized spacial score (nSPS) is 28.3. The first kappa shape index (κ1) is 24.5. The molecule has 1 aliphatic heterocycles. The number of benzene rings is 2. The maximum Gasteiger partial charge on any atom is 0.274 e. The Kier molecular flexibility index (Phi) is 6.15. The molecule has 1 heterocycles. The third-order valence-corrected chi connectivity index (χ3v) is 10.5. The van der Waals surface area contributed by atoms with Crippen molar-refractivity contribution in [3.8, 4) is 0 Å². The lowest BCUT2D eigenvalue weighted by Crippen LogP contribution is -2.50. The standard InChI is InChI=1S/C23H18Br2N4O7/c24-19-14-9-15(20(19)25)18-17(14)22(31)27(23(18)32)26(10-12-4-1-2-7-16(12)29(35)36)21(30)11-5-3-6-13(8-11)28(33)34/h1-8,14-15,17-20H,9-10H2/t14-,15-,17-,18-,19+,20+/m1/s1. The van der Waals surface area contributed by atoms with E-state index in [0.717, 1.165) is 16.1 Å². The number of non-ortho nitro benzene ring substituents is 1. The van der Waals surface area contributed by atoms with Crippen LogP contribution < -0.4 is 0 Å². The van der Waals surface area contributed by atoms with Gasteiger partial charge in [0.2, 0.25) is 0 Å². The van der Waals surface area contributed by atoms with Crippen LogP contribution >= 0.6 is 31.9 Å². The van der Waals surface area contributed by atoms with E-state index in [-0.39, 0.29) is 44.0 Å². The van der Waals surface area contributed by atoms with Crippen LogP contribution in [0.4, 0.5) is 11.4 Å². The fourth-order valence-electron chi connectivity index (χ4n) is 5.69. The predicted molar refractivity (Wildman–Crippen MR) is 132 cm³/mol. The van der Waals surface area contributed by atoms with Gasteiger partial charge in [0.05, 0.1) is 33.8 Å². The van der Waals surface area contributed by atoms with Crippen LogP contribution in [0.15, 0.2) is 48.5 Å². The van der Waals surface area contributed by atoms with Crippen LogP contribution in [0.2, 0.25) is 0 Å². The van der Waals surface area contributed by atoms with Gasteiger partial charge in [-0.05, 0) is 24.3 Å². The molecule has 2 aromatic rings. The molecule has 0 spiro atoms. The average molecular weight is 622 g/mol. The minimum atomic E-state index is -0.850. The number of rotatable bonds is 6. The highest BCUT2D eigenvalue weighted by atomic mass is 79.9. The number of carbonyl (C=O) groups excluding carboxylic acids is 3. The molecule has 2 aliphatic carbocycles. The maximum atomic E-state index is 13.7. The first-order chi connectivity index (χ1) is 17.1. The molecule has 0 unspecified atom stereocenters. The van der Waals surface area contributed by atoms with E-state index in [9.17, 15) is 34.6 Å². The van der Waals surface area contributed by atoms with Crippen molar-refractivity contribution in [2.24, 2.45) is 23.7 Å². The smallest absolute Gasteiger partial charge is 0.272 e.